The van der Waals surface area contributed by atoms with Gasteiger partial charge in [-0.15, -0.1) is 0 Å². The number of ether oxygens (including phenoxy) is 1. The first-order valence-electron chi connectivity index (χ1n) is 8.89. The van der Waals surface area contributed by atoms with Gasteiger partial charge < -0.3 is 15.0 Å². The Labute approximate surface area is 154 Å². The Kier molecular flexibility index (Phi) is 5.26. The molecule has 3 rings (SSSR count). The summed E-state index contributed by atoms with van der Waals surface area (Å²) in [6.07, 6.45) is 1.58. The summed E-state index contributed by atoms with van der Waals surface area (Å²) in [5.41, 5.74) is 3.63. The first-order valence-corrected chi connectivity index (χ1v) is 8.89. The number of fused-ring (bicyclic) bond motifs is 1. The van der Waals surface area contributed by atoms with Crippen molar-refractivity contribution in [2.24, 2.45) is 0 Å². The number of carbonyl (C=O) groups excluding carboxylic acids is 2. The molecule has 5 heteroatoms. The fourth-order valence-electron chi connectivity index (χ4n) is 3.37. The molecule has 0 unspecified atom stereocenters. The molecule has 1 N–H and O–H groups in total. The number of amides is 2. The Hall–Kier alpha value is -2.82. The molecule has 26 heavy (non-hydrogen) atoms. The molecule has 0 aliphatic carbocycles. The lowest BCUT2D eigenvalue weighted by Gasteiger charge is -2.19. The van der Waals surface area contributed by atoms with Crippen LogP contribution in [0.3, 0.4) is 0 Å². The van der Waals surface area contributed by atoms with Crippen molar-refractivity contribution in [3.63, 3.8) is 0 Å². The van der Waals surface area contributed by atoms with Crippen molar-refractivity contribution < 1.29 is 14.3 Å². The van der Waals surface area contributed by atoms with Crippen LogP contribution in [0.4, 0.5) is 5.69 Å². The van der Waals surface area contributed by atoms with Crippen molar-refractivity contribution in [1.29, 1.82) is 0 Å². The fraction of sp³-hybridized carbons (Fsp3) is 0.333. The van der Waals surface area contributed by atoms with E-state index in [9.17, 15) is 9.59 Å². The number of rotatable bonds is 5. The minimum absolute atomic E-state index is 0.0338. The van der Waals surface area contributed by atoms with E-state index in [1.54, 1.807) is 25.0 Å². The minimum Gasteiger partial charge on any atom is -0.497 e. The summed E-state index contributed by atoms with van der Waals surface area (Å²) in [7, 11) is 1.63. The third-order valence-corrected chi connectivity index (χ3v) is 4.85. The molecule has 0 bridgehead atoms. The molecule has 1 heterocycles. The molecule has 0 radical (unpaired) electrons. The molecule has 136 valence electrons. The lowest BCUT2D eigenvalue weighted by molar-refractivity contribution is -0.116. The summed E-state index contributed by atoms with van der Waals surface area (Å²) in [5, 5.41) is 3.10. The van der Waals surface area contributed by atoms with Gasteiger partial charge in [-0.2, -0.15) is 0 Å². The molecule has 0 spiro atoms. The number of hydrogen-bond acceptors (Lipinski definition) is 3. The van der Waals surface area contributed by atoms with E-state index in [1.807, 2.05) is 43.3 Å². The van der Waals surface area contributed by atoms with Crippen molar-refractivity contribution in [3.8, 4) is 5.75 Å². The van der Waals surface area contributed by atoms with Crippen molar-refractivity contribution in [3.05, 3.63) is 59.2 Å². The van der Waals surface area contributed by atoms with Gasteiger partial charge in [0, 0.05) is 24.7 Å². The number of methoxy groups -OCH3 is 1. The van der Waals surface area contributed by atoms with Crippen LogP contribution in [0.2, 0.25) is 0 Å². The number of anilines is 1. The van der Waals surface area contributed by atoms with Crippen LogP contribution in [-0.4, -0.2) is 25.5 Å². The van der Waals surface area contributed by atoms with Crippen LogP contribution in [0.1, 0.15) is 47.8 Å². The van der Waals surface area contributed by atoms with Crippen LogP contribution in [0.15, 0.2) is 42.5 Å². The van der Waals surface area contributed by atoms with Gasteiger partial charge in [0.15, 0.2) is 0 Å². The standard InChI is InChI=1S/C21H24N2O3/c1-4-19(15-5-8-18(26-3)9-6-15)22-21(25)17-7-10-20-16(13-17)11-12-23(20)14(2)24/h5-10,13,19H,4,11-12H2,1-3H3,(H,22,25)/t19-/m0/s1. The van der Waals surface area contributed by atoms with Crippen LogP contribution in [0, 0.1) is 0 Å². The average molecular weight is 352 g/mol. The van der Waals surface area contributed by atoms with E-state index in [1.165, 1.54) is 0 Å². The number of hydrogen-bond donors (Lipinski definition) is 1. The maximum atomic E-state index is 12.7. The Balaban J connectivity index is 1.75. The van der Waals surface area contributed by atoms with Gasteiger partial charge >= 0.3 is 0 Å². The second kappa shape index (κ2) is 7.60. The molecule has 1 atom stereocenters. The van der Waals surface area contributed by atoms with E-state index in [0.717, 1.165) is 35.4 Å². The monoisotopic (exact) mass is 352 g/mol. The predicted molar refractivity (Wildman–Crippen MR) is 102 cm³/mol. The lowest BCUT2D eigenvalue weighted by atomic mass is 10.0. The number of nitrogens with zero attached hydrogens (tertiary/aromatic N) is 1. The SMILES string of the molecule is CC[C@H](NC(=O)c1ccc2c(c1)CCN2C(C)=O)c1ccc(OC)cc1. The summed E-state index contributed by atoms with van der Waals surface area (Å²) in [4.78, 5) is 26.1. The second-order valence-electron chi connectivity index (χ2n) is 6.47. The number of benzene rings is 2. The molecule has 0 aromatic heterocycles. The van der Waals surface area contributed by atoms with Crippen molar-refractivity contribution >= 4 is 17.5 Å². The largest absolute Gasteiger partial charge is 0.497 e. The molecule has 2 aromatic rings. The highest BCUT2D eigenvalue weighted by Gasteiger charge is 2.23. The van der Waals surface area contributed by atoms with E-state index in [2.05, 4.69) is 5.32 Å². The zero-order chi connectivity index (χ0) is 18.7. The Bertz CT molecular complexity index is 815. The molecule has 5 nitrogen and oxygen atoms in total. The first-order chi connectivity index (χ1) is 12.5. The van der Waals surface area contributed by atoms with Crippen molar-refractivity contribution in [1.82, 2.24) is 5.32 Å². The quantitative estimate of drug-likeness (QED) is 0.896. The molecule has 0 saturated carbocycles. The predicted octanol–water partition coefficient (Wildman–Crippen LogP) is 3.49. The normalized spacial score (nSPS) is 13.9. The third kappa shape index (κ3) is 3.57. The van der Waals surface area contributed by atoms with E-state index < -0.39 is 0 Å². The van der Waals surface area contributed by atoms with E-state index in [0.29, 0.717) is 12.1 Å². The molecule has 1 aliphatic rings. The van der Waals surface area contributed by atoms with Gasteiger partial charge in [0.05, 0.1) is 13.2 Å². The molecule has 1 aliphatic heterocycles. The van der Waals surface area contributed by atoms with E-state index in [-0.39, 0.29) is 17.9 Å². The molecule has 2 aromatic carbocycles. The zero-order valence-corrected chi connectivity index (χ0v) is 15.4. The van der Waals surface area contributed by atoms with Gasteiger partial charge in [0.2, 0.25) is 5.91 Å². The van der Waals surface area contributed by atoms with Crippen LogP contribution < -0.4 is 15.0 Å². The van der Waals surface area contributed by atoms with Crippen LogP contribution in [-0.2, 0) is 11.2 Å². The van der Waals surface area contributed by atoms with Crippen LogP contribution >= 0.6 is 0 Å². The van der Waals surface area contributed by atoms with Gasteiger partial charge in [0.1, 0.15) is 5.75 Å². The summed E-state index contributed by atoms with van der Waals surface area (Å²) in [6.45, 7) is 4.29. The maximum absolute atomic E-state index is 12.7. The van der Waals surface area contributed by atoms with Crippen molar-refractivity contribution in [2.75, 3.05) is 18.6 Å². The fourth-order valence-corrected chi connectivity index (χ4v) is 3.37. The first kappa shape index (κ1) is 18.0. The van der Waals surface area contributed by atoms with Gasteiger partial charge in [-0.1, -0.05) is 19.1 Å². The van der Waals surface area contributed by atoms with Gasteiger partial charge in [-0.05, 0) is 54.3 Å². The average Bonchev–Trinajstić information content (AvgIpc) is 3.09. The highest BCUT2D eigenvalue weighted by atomic mass is 16.5. The topological polar surface area (TPSA) is 58.6 Å². The summed E-state index contributed by atoms with van der Waals surface area (Å²) >= 11 is 0. The second-order valence-corrected chi connectivity index (χ2v) is 6.47. The number of nitrogens with one attached hydrogen (secondary N) is 1. The molecular formula is C21H24N2O3. The zero-order valence-electron chi connectivity index (χ0n) is 15.4. The maximum Gasteiger partial charge on any atom is 0.251 e. The van der Waals surface area contributed by atoms with Crippen molar-refractivity contribution in [2.45, 2.75) is 32.7 Å². The summed E-state index contributed by atoms with van der Waals surface area (Å²) < 4.78 is 5.19. The Morgan fingerprint density at radius 1 is 1.19 bits per heavy atom. The third-order valence-electron chi connectivity index (χ3n) is 4.85. The lowest BCUT2D eigenvalue weighted by Crippen LogP contribution is -2.28. The van der Waals surface area contributed by atoms with E-state index >= 15 is 0 Å². The van der Waals surface area contributed by atoms with Gasteiger partial charge in [-0.25, -0.2) is 0 Å². The number of carbonyl (C=O) groups is 2. The smallest absolute Gasteiger partial charge is 0.251 e. The van der Waals surface area contributed by atoms with Gasteiger partial charge in [-0.3, -0.25) is 9.59 Å². The molecule has 0 saturated heterocycles. The summed E-state index contributed by atoms with van der Waals surface area (Å²) in [6, 6.07) is 13.2. The van der Waals surface area contributed by atoms with Crippen LogP contribution in [0.5, 0.6) is 5.75 Å². The Morgan fingerprint density at radius 3 is 2.54 bits per heavy atom. The molecular weight excluding hydrogens is 328 g/mol. The van der Waals surface area contributed by atoms with Crippen LogP contribution in [0.25, 0.3) is 0 Å². The summed E-state index contributed by atoms with van der Waals surface area (Å²) in [5.74, 6) is 0.729. The minimum atomic E-state index is -0.100. The Morgan fingerprint density at radius 2 is 1.92 bits per heavy atom. The van der Waals surface area contributed by atoms with E-state index in [4.69, 9.17) is 4.74 Å². The highest BCUT2D eigenvalue weighted by molar-refractivity contribution is 5.98. The molecule has 0 fully saturated rings. The van der Waals surface area contributed by atoms with Gasteiger partial charge in [0.25, 0.3) is 5.91 Å². The highest BCUT2D eigenvalue weighted by Crippen LogP contribution is 2.29. The molecule has 2 amide bonds.